The molecule has 4 heterocycles. The fourth-order valence-corrected chi connectivity index (χ4v) is 4.46. The van der Waals surface area contributed by atoms with Crippen molar-refractivity contribution in [2.45, 2.75) is 45.2 Å². The molecule has 0 N–H and O–H groups in total. The number of likely N-dealkylation sites (tertiary alicyclic amines) is 1. The molecule has 1 fully saturated rings. The van der Waals surface area contributed by atoms with E-state index >= 15 is 0 Å². The molecule has 1 aliphatic carbocycles. The lowest BCUT2D eigenvalue weighted by molar-refractivity contribution is 0.162. The Balaban J connectivity index is 1.20. The van der Waals surface area contributed by atoms with Crippen LogP contribution in [-0.4, -0.2) is 37.2 Å². The lowest BCUT2D eigenvalue weighted by atomic mass is 9.96. The molecule has 0 aromatic carbocycles. The number of hydrogen-bond donors (Lipinski definition) is 0. The molecule has 6 nitrogen and oxygen atoms in total. The number of aryl methyl sites for hydroxylation is 2. The number of imidazole rings is 1. The standard InChI is InChI=1S/C21H24FN5O/c22-17-4-5-20-23-18(14-26(20)12-17)13-25-8-6-15(7-9-25)11-27-21(28)10-16-2-1-3-19(16)24-27/h4-5,10,12,14-15H,1-3,6-9,11,13H2. The van der Waals surface area contributed by atoms with Gasteiger partial charge in [0.05, 0.1) is 11.4 Å². The van der Waals surface area contributed by atoms with E-state index in [4.69, 9.17) is 0 Å². The molecule has 28 heavy (non-hydrogen) atoms. The molecule has 1 aliphatic heterocycles. The molecule has 7 heteroatoms. The Morgan fingerprint density at radius 3 is 2.86 bits per heavy atom. The normalized spacial score (nSPS) is 18.0. The first-order valence-corrected chi connectivity index (χ1v) is 10.1. The average molecular weight is 381 g/mol. The van der Waals surface area contributed by atoms with Crippen molar-refractivity contribution in [1.82, 2.24) is 24.1 Å². The van der Waals surface area contributed by atoms with E-state index in [1.54, 1.807) is 21.2 Å². The molecule has 0 atom stereocenters. The number of fused-ring (bicyclic) bond motifs is 2. The number of rotatable bonds is 4. The van der Waals surface area contributed by atoms with Crippen LogP contribution < -0.4 is 5.56 Å². The molecule has 5 rings (SSSR count). The van der Waals surface area contributed by atoms with E-state index in [1.807, 2.05) is 6.20 Å². The maximum Gasteiger partial charge on any atom is 0.267 e. The highest BCUT2D eigenvalue weighted by atomic mass is 19.1. The van der Waals surface area contributed by atoms with Gasteiger partial charge in [0.15, 0.2) is 0 Å². The second-order valence-corrected chi connectivity index (χ2v) is 8.05. The van der Waals surface area contributed by atoms with Crippen LogP contribution in [0.5, 0.6) is 0 Å². The molecule has 0 spiro atoms. The predicted octanol–water partition coefficient (Wildman–Crippen LogP) is 2.43. The van der Waals surface area contributed by atoms with Crippen molar-refractivity contribution in [3.8, 4) is 0 Å². The minimum absolute atomic E-state index is 0.0417. The number of pyridine rings is 1. The molecule has 146 valence electrons. The lowest BCUT2D eigenvalue weighted by Gasteiger charge is -2.31. The highest BCUT2D eigenvalue weighted by molar-refractivity contribution is 5.39. The highest BCUT2D eigenvalue weighted by Crippen LogP contribution is 2.21. The van der Waals surface area contributed by atoms with Crippen molar-refractivity contribution in [3.63, 3.8) is 0 Å². The van der Waals surface area contributed by atoms with Crippen LogP contribution in [0.15, 0.2) is 35.4 Å². The van der Waals surface area contributed by atoms with Gasteiger partial charge in [0.1, 0.15) is 11.5 Å². The van der Waals surface area contributed by atoms with E-state index in [0.717, 1.165) is 74.3 Å². The summed E-state index contributed by atoms with van der Waals surface area (Å²) in [6.07, 6.45) is 8.56. The molecule has 0 radical (unpaired) electrons. The third-order valence-corrected chi connectivity index (χ3v) is 6.01. The smallest absolute Gasteiger partial charge is 0.267 e. The van der Waals surface area contributed by atoms with Crippen molar-refractivity contribution in [1.29, 1.82) is 0 Å². The topological polar surface area (TPSA) is 55.4 Å². The molecule has 0 saturated carbocycles. The van der Waals surface area contributed by atoms with Gasteiger partial charge < -0.3 is 4.40 Å². The summed E-state index contributed by atoms with van der Waals surface area (Å²) < 4.78 is 16.8. The van der Waals surface area contributed by atoms with E-state index in [9.17, 15) is 9.18 Å². The monoisotopic (exact) mass is 381 g/mol. The van der Waals surface area contributed by atoms with Crippen LogP contribution >= 0.6 is 0 Å². The maximum absolute atomic E-state index is 13.3. The summed E-state index contributed by atoms with van der Waals surface area (Å²) in [5, 5.41) is 4.61. The van der Waals surface area contributed by atoms with Crippen molar-refractivity contribution >= 4 is 5.65 Å². The first kappa shape index (κ1) is 17.6. The summed E-state index contributed by atoms with van der Waals surface area (Å²) in [5.74, 6) is 0.226. The fourth-order valence-electron chi connectivity index (χ4n) is 4.46. The number of nitrogens with zero attached hydrogens (tertiary/aromatic N) is 5. The van der Waals surface area contributed by atoms with Crippen molar-refractivity contribution in [2.24, 2.45) is 5.92 Å². The Hall–Kier alpha value is -2.54. The summed E-state index contributed by atoms with van der Waals surface area (Å²) >= 11 is 0. The minimum atomic E-state index is -0.257. The Morgan fingerprint density at radius 1 is 1.14 bits per heavy atom. The molecule has 1 saturated heterocycles. The molecule has 3 aromatic heterocycles. The van der Waals surface area contributed by atoms with Gasteiger partial charge in [-0.3, -0.25) is 9.69 Å². The zero-order valence-electron chi connectivity index (χ0n) is 15.9. The Morgan fingerprint density at radius 2 is 2.00 bits per heavy atom. The van der Waals surface area contributed by atoms with Gasteiger partial charge in [-0.15, -0.1) is 0 Å². The van der Waals surface area contributed by atoms with Gasteiger partial charge in [-0.1, -0.05) is 0 Å². The Bertz CT molecular complexity index is 1060. The van der Waals surface area contributed by atoms with Crippen LogP contribution in [0.4, 0.5) is 4.39 Å². The van der Waals surface area contributed by atoms with Gasteiger partial charge in [0.2, 0.25) is 0 Å². The Kier molecular flexibility index (Phi) is 4.47. The third kappa shape index (κ3) is 3.46. The molecule has 0 amide bonds. The van der Waals surface area contributed by atoms with Gasteiger partial charge in [-0.2, -0.15) is 5.10 Å². The second kappa shape index (κ2) is 7.13. The van der Waals surface area contributed by atoms with E-state index in [1.165, 1.54) is 12.3 Å². The summed E-state index contributed by atoms with van der Waals surface area (Å²) in [6.45, 7) is 3.44. The SMILES string of the molecule is O=c1cc2c(nn1CC1CCN(Cc3cn4cc(F)ccc4n3)CC1)CCC2. The predicted molar refractivity (Wildman–Crippen MR) is 104 cm³/mol. The molecular weight excluding hydrogens is 357 g/mol. The van der Waals surface area contributed by atoms with Crippen molar-refractivity contribution in [2.75, 3.05) is 13.1 Å². The molecular formula is C21H24FN5O. The lowest BCUT2D eigenvalue weighted by Crippen LogP contribution is -2.36. The van der Waals surface area contributed by atoms with Crippen LogP contribution in [0.1, 0.15) is 36.2 Å². The Labute approximate surface area is 162 Å². The van der Waals surface area contributed by atoms with Gasteiger partial charge >= 0.3 is 0 Å². The molecule has 3 aromatic rings. The number of hydrogen-bond acceptors (Lipinski definition) is 4. The van der Waals surface area contributed by atoms with Gasteiger partial charge in [0.25, 0.3) is 5.56 Å². The van der Waals surface area contributed by atoms with Gasteiger partial charge in [-0.25, -0.2) is 14.1 Å². The second-order valence-electron chi connectivity index (χ2n) is 8.05. The number of halogens is 1. The van der Waals surface area contributed by atoms with E-state index in [0.29, 0.717) is 12.5 Å². The summed E-state index contributed by atoms with van der Waals surface area (Å²) in [7, 11) is 0. The van der Waals surface area contributed by atoms with Gasteiger partial charge in [-0.05, 0) is 68.8 Å². The van der Waals surface area contributed by atoms with Crippen LogP contribution in [-0.2, 0) is 25.9 Å². The molecule has 2 aliphatic rings. The largest absolute Gasteiger partial charge is 0.304 e. The fraction of sp³-hybridized carbons (Fsp3) is 0.476. The van der Waals surface area contributed by atoms with Crippen LogP contribution in [0, 0.1) is 11.7 Å². The molecule has 0 bridgehead atoms. The zero-order chi connectivity index (χ0) is 19.1. The average Bonchev–Trinajstić information content (AvgIpc) is 3.29. The maximum atomic E-state index is 13.3. The zero-order valence-corrected chi connectivity index (χ0v) is 15.9. The number of aromatic nitrogens is 4. The van der Waals surface area contributed by atoms with Crippen molar-refractivity contribution < 1.29 is 4.39 Å². The quantitative estimate of drug-likeness (QED) is 0.697. The van der Waals surface area contributed by atoms with E-state index < -0.39 is 0 Å². The summed E-state index contributed by atoms with van der Waals surface area (Å²) in [4.78, 5) is 19.3. The van der Waals surface area contributed by atoms with Crippen LogP contribution in [0.2, 0.25) is 0 Å². The van der Waals surface area contributed by atoms with Crippen LogP contribution in [0.25, 0.3) is 5.65 Å². The van der Waals surface area contributed by atoms with E-state index in [-0.39, 0.29) is 11.4 Å². The first-order valence-electron chi connectivity index (χ1n) is 10.1. The number of piperidine rings is 1. The minimum Gasteiger partial charge on any atom is -0.304 e. The van der Waals surface area contributed by atoms with Crippen LogP contribution in [0.3, 0.4) is 0 Å². The summed E-state index contributed by atoms with van der Waals surface area (Å²) in [6, 6.07) is 4.93. The van der Waals surface area contributed by atoms with Gasteiger partial charge in [0, 0.05) is 31.5 Å². The van der Waals surface area contributed by atoms with E-state index in [2.05, 4.69) is 15.0 Å². The highest BCUT2D eigenvalue weighted by Gasteiger charge is 2.22. The summed E-state index contributed by atoms with van der Waals surface area (Å²) in [5.41, 5.74) is 4.03. The third-order valence-electron chi connectivity index (χ3n) is 6.01. The molecule has 0 unspecified atom stereocenters. The van der Waals surface area contributed by atoms with Crippen molar-refractivity contribution in [3.05, 3.63) is 63.7 Å². The first-order chi connectivity index (χ1) is 13.6.